The van der Waals surface area contributed by atoms with Gasteiger partial charge in [0.2, 0.25) is 0 Å². The third kappa shape index (κ3) is 1.47. The largest absolute Gasteiger partial charge is 0.418 e. The Morgan fingerprint density at radius 1 is 1.14 bits per heavy atom. The molecule has 74 valence electrons. The van der Waals surface area contributed by atoms with E-state index in [1.807, 2.05) is 6.08 Å². The van der Waals surface area contributed by atoms with E-state index in [1.165, 1.54) is 12.2 Å². The van der Waals surface area contributed by atoms with Crippen LogP contribution < -0.4 is 0 Å². The Labute approximate surface area is 79.5 Å². The molecule has 0 N–H and O–H groups in total. The molecule has 0 fully saturated rings. The number of allylic oxidation sites excluding steroid dienone is 5. The number of hydrogen-bond acceptors (Lipinski definition) is 1. The van der Waals surface area contributed by atoms with Gasteiger partial charge in [-0.3, -0.25) is 0 Å². The van der Waals surface area contributed by atoms with Gasteiger partial charge in [-0.05, 0) is 18.2 Å². The van der Waals surface area contributed by atoms with Gasteiger partial charge in [0.05, 0.1) is 11.3 Å². The topological polar surface area (TPSA) is 3.24 Å². The molecule has 2 heterocycles. The first-order chi connectivity index (χ1) is 6.59. The zero-order chi connectivity index (χ0) is 10.2. The average Bonchev–Trinajstić information content (AvgIpc) is 2.15. The summed E-state index contributed by atoms with van der Waals surface area (Å²) in [6.07, 6.45) is 4.81. The molecule has 0 aliphatic carbocycles. The van der Waals surface area contributed by atoms with Crippen molar-refractivity contribution in [2.45, 2.75) is 6.18 Å². The van der Waals surface area contributed by atoms with E-state index in [0.717, 1.165) is 6.08 Å². The first-order valence-corrected chi connectivity index (χ1v) is 4.18. The molecule has 0 aromatic heterocycles. The lowest BCUT2D eigenvalue weighted by atomic mass is 10.1. The highest BCUT2D eigenvalue weighted by Crippen LogP contribution is 2.35. The highest BCUT2D eigenvalue weighted by molar-refractivity contribution is 5.44. The second-order valence-electron chi connectivity index (χ2n) is 3.05. The van der Waals surface area contributed by atoms with Gasteiger partial charge < -0.3 is 4.90 Å². The van der Waals surface area contributed by atoms with Crippen molar-refractivity contribution in [2.24, 2.45) is 0 Å². The molecule has 14 heavy (non-hydrogen) atoms. The Bertz CT molecular complexity index is 358. The van der Waals surface area contributed by atoms with E-state index in [9.17, 15) is 13.2 Å². The first kappa shape index (κ1) is 9.12. The zero-order valence-electron chi connectivity index (χ0n) is 7.25. The molecular formula is C10H8F3N. The molecule has 0 radical (unpaired) electrons. The van der Waals surface area contributed by atoms with Crippen molar-refractivity contribution in [2.75, 3.05) is 6.54 Å². The van der Waals surface area contributed by atoms with Gasteiger partial charge in [0.15, 0.2) is 0 Å². The lowest BCUT2D eigenvalue weighted by Crippen LogP contribution is -2.28. The van der Waals surface area contributed by atoms with E-state index in [1.54, 1.807) is 17.2 Å². The molecule has 2 aliphatic heterocycles. The standard InChI is InChI=1S/C10H8F3N/c11-10(12,13)8-4-3-7-14-6-2-1-5-9(8)14/h1-5,7H,6H2. The van der Waals surface area contributed by atoms with Crippen molar-refractivity contribution in [1.82, 2.24) is 4.90 Å². The maximum absolute atomic E-state index is 12.5. The minimum atomic E-state index is -4.28. The number of alkyl halides is 3. The van der Waals surface area contributed by atoms with E-state index >= 15 is 0 Å². The maximum Gasteiger partial charge on any atom is 0.418 e. The molecule has 0 aromatic carbocycles. The highest BCUT2D eigenvalue weighted by atomic mass is 19.4. The van der Waals surface area contributed by atoms with E-state index in [0.29, 0.717) is 6.54 Å². The predicted octanol–water partition coefficient (Wildman–Crippen LogP) is 2.76. The quantitative estimate of drug-likeness (QED) is 0.579. The summed E-state index contributed by atoms with van der Waals surface area (Å²) in [6, 6.07) is 0. The lowest BCUT2D eigenvalue weighted by molar-refractivity contribution is -0.0912. The fraction of sp³-hybridized carbons (Fsp3) is 0.200. The van der Waals surface area contributed by atoms with Crippen LogP contribution in [0, 0.1) is 0 Å². The summed E-state index contributed by atoms with van der Waals surface area (Å²) in [5.41, 5.74) is -0.355. The Hall–Kier alpha value is -1.45. The molecule has 0 bridgehead atoms. The fourth-order valence-electron chi connectivity index (χ4n) is 1.48. The summed E-state index contributed by atoms with van der Waals surface area (Å²) >= 11 is 0. The van der Waals surface area contributed by atoms with Gasteiger partial charge in [-0.2, -0.15) is 13.2 Å². The Morgan fingerprint density at radius 3 is 2.64 bits per heavy atom. The van der Waals surface area contributed by atoms with Crippen molar-refractivity contribution >= 4 is 0 Å². The van der Waals surface area contributed by atoms with Crippen LogP contribution in [0.1, 0.15) is 0 Å². The fourth-order valence-corrected chi connectivity index (χ4v) is 1.48. The van der Waals surface area contributed by atoms with Crippen LogP contribution in [-0.2, 0) is 0 Å². The third-order valence-electron chi connectivity index (χ3n) is 2.11. The number of fused-ring (bicyclic) bond motifs is 1. The van der Waals surface area contributed by atoms with Crippen LogP contribution in [0.3, 0.4) is 0 Å². The molecule has 0 saturated carbocycles. The van der Waals surface area contributed by atoms with Crippen molar-refractivity contribution < 1.29 is 13.2 Å². The van der Waals surface area contributed by atoms with Gasteiger partial charge in [0.1, 0.15) is 0 Å². The van der Waals surface area contributed by atoms with Gasteiger partial charge in [-0.1, -0.05) is 12.2 Å². The van der Waals surface area contributed by atoms with E-state index in [2.05, 4.69) is 0 Å². The predicted molar refractivity (Wildman–Crippen MR) is 47.2 cm³/mol. The molecule has 4 heteroatoms. The smallest absolute Gasteiger partial charge is 0.344 e. The second kappa shape index (κ2) is 3.04. The van der Waals surface area contributed by atoms with Crippen molar-refractivity contribution in [1.29, 1.82) is 0 Å². The summed E-state index contributed by atoms with van der Waals surface area (Å²) in [6.45, 7) is 0.496. The number of nitrogens with zero attached hydrogens (tertiary/aromatic N) is 1. The first-order valence-electron chi connectivity index (χ1n) is 4.18. The monoisotopic (exact) mass is 199 g/mol. The molecule has 2 rings (SSSR count). The maximum atomic E-state index is 12.5. The molecule has 1 nitrogen and oxygen atoms in total. The van der Waals surface area contributed by atoms with Crippen LogP contribution in [0.4, 0.5) is 13.2 Å². The molecule has 0 unspecified atom stereocenters. The Morgan fingerprint density at radius 2 is 1.93 bits per heavy atom. The summed E-state index contributed by atoms with van der Waals surface area (Å²) in [7, 11) is 0. The number of halogens is 3. The van der Waals surface area contributed by atoms with Gasteiger partial charge >= 0.3 is 6.18 Å². The van der Waals surface area contributed by atoms with Crippen LogP contribution in [0.15, 0.2) is 47.9 Å². The van der Waals surface area contributed by atoms with E-state index in [-0.39, 0.29) is 5.70 Å². The van der Waals surface area contributed by atoms with Crippen LogP contribution in [0.2, 0.25) is 0 Å². The number of rotatable bonds is 0. The zero-order valence-corrected chi connectivity index (χ0v) is 7.25. The lowest BCUT2D eigenvalue weighted by Gasteiger charge is -2.29. The van der Waals surface area contributed by atoms with E-state index in [4.69, 9.17) is 0 Å². The minimum absolute atomic E-state index is 0.225. The third-order valence-corrected chi connectivity index (χ3v) is 2.11. The van der Waals surface area contributed by atoms with Gasteiger partial charge in [-0.15, -0.1) is 0 Å². The van der Waals surface area contributed by atoms with Gasteiger partial charge in [0, 0.05) is 12.7 Å². The highest BCUT2D eigenvalue weighted by Gasteiger charge is 2.38. The van der Waals surface area contributed by atoms with Crippen molar-refractivity contribution in [3.05, 3.63) is 47.9 Å². The summed E-state index contributed by atoms with van der Waals surface area (Å²) in [5.74, 6) is 0. The summed E-state index contributed by atoms with van der Waals surface area (Å²) < 4.78 is 37.6. The molecule has 0 atom stereocenters. The number of hydrogen-bond donors (Lipinski definition) is 0. The SMILES string of the molecule is FC(F)(F)C1=CC=CN2CC=CC=C12. The average molecular weight is 199 g/mol. The van der Waals surface area contributed by atoms with Crippen LogP contribution in [0.25, 0.3) is 0 Å². The Balaban J connectivity index is 2.41. The van der Waals surface area contributed by atoms with Crippen molar-refractivity contribution in [3.8, 4) is 0 Å². The van der Waals surface area contributed by atoms with Crippen molar-refractivity contribution in [3.63, 3.8) is 0 Å². The van der Waals surface area contributed by atoms with Crippen LogP contribution in [0.5, 0.6) is 0 Å². The van der Waals surface area contributed by atoms with Crippen LogP contribution >= 0.6 is 0 Å². The molecule has 0 amide bonds. The van der Waals surface area contributed by atoms with Gasteiger partial charge in [0.25, 0.3) is 0 Å². The van der Waals surface area contributed by atoms with Crippen LogP contribution in [-0.4, -0.2) is 17.6 Å². The second-order valence-corrected chi connectivity index (χ2v) is 3.05. The summed E-state index contributed by atoms with van der Waals surface area (Å²) in [4.78, 5) is 1.57. The van der Waals surface area contributed by atoms with Gasteiger partial charge in [-0.25, -0.2) is 0 Å². The summed E-state index contributed by atoms with van der Waals surface area (Å²) in [5, 5.41) is 0. The molecular weight excluding hydrogens is 191 g/mol. The Kier molecular flexibility index (Phi) is 1.98. The minimum Gasteiger partial charge on any atom is -0.344 e. The normalized spacial score (nSPS) is 20.4. The molecule has 0 aromatic rings. The molecule has 0 saturated heterocycles. The van der Waals surface area contributed by atoms with E-state index < -0.39 is 11.7 Å². The molecule has 2 aliphatic rings. The molecule has 0 spiro atoms.